The highest BCUT2D eigenvalue weighted by Crippen LogP contribution is 2.46. The molecule has 5 heteroatoms. The summed E-state index contributed by atoms with van der Waals surface area (Å²) in [7, 11) is 2.20. The molecule has 1 aromatic heterocycles. The van der Waals surface area contributed by atoms with Gasteiger partial charge in [0.2, 0.25) is 5.91 Å². The van der Waals surface area contributed by atoms with Crippen molar-refractivity contribution in [3.05, 3.63) is 29.1 Å². The zero-order valence-corrected chi connectivity index (χ0v) is 15.5. The Morgan fingerprint density at radius 3 is 3.00 bits per heavy atom. The number of amides is 1. The lowest BCUT2D eigenvalue weighted by atomic mass is 9.95. The van der Waals surface area contributed by atoms with Gasteiger partial charge in [0, 0.05) is 23.2 Å². The largest absolute Gasteiger partial charge is 0.361 e. The number of nitrogens with one attached hydrogen (secondary N) is 1. The SMILES string of the molecule is CC1SC2(CCN(C)CC2)CN1C(=O)Cc1c[nH]c2c1CCC=C2. The Morgan fingerprint density at radius 2 is 2.21 bits per heavy atom. The smallest absolute Gasteiger partial charge is 0.227 e. The van der Waals surface area contributed by atoms with Crippen molar-refractivity contribution in [2.24, 2.45) is 0 Å². The third-order valence-electron chi connectivity index (χ3n) is 5.84. The molecule has 1 spiro atoms. The molecule has 1 amide bonds. The number of aromatic nitrogens is 1. The first-order valence-electron chi connectivity index (χ1n) is 9.08. The van der Waals surface area contributed by atoms with Gasteiger partial charge in [-0.15, -0.1) is 11.8 Å². The van der Waals surface area contributed by atoms with Crippen molar-refractivity contribution < 1.29 is 4.79 Å². The third-order valence-corrected chi connectivity index (χ3v) is 7.47. The fourth-order valence-corrected chi connectivity index (χ4v) is 5.98. The Morgan fingerprint density at radius 1 is 1.42 bits per heavy atom. The van der Waals surface area contributed by atoms with Gasteiger partial charge in [-0.25, -0.2) is 0 Å². The van der Waals surface area contributed by atoms with Crippen LogP contribution in [0.1, 0.15) is 43.0 Å². The number of nitrogens with zero attached hydrogens (tertiary/aromatic N) is 2. The standard InChI is InChI=1S/C19H27N3OS/c1-14-22(13-19(24-14)7-9-21(2)10-8-19)18(23)11-15-12-20-17-6-4-3-5-16(15)17/h4,6,12,14,20H,3,5,7-11,13H2,1-2H3. The Labute approximate surface area is 148 Å². The third kappa shape index (κ3) is 2.93. The van der Waals surface area contributed by atoms with E-state index in [0.717, 1.165) is 32.5 Å². The Bertz CT molecular complexity index is 658. The van der Waals surface area contributed by atoms with Crippen LogP contribution in [-0.2, 0) is 17.6 Å². The zero-order chi connectivity index (χ0) is 16.7. The first-order valence-corrected chi connectivity index (χ1v) is 9.96. The van der Waals surface area contributed by atoms with Crippen LogP contribution in [0.4, 0.5) is 0 Å². The Balaban J connectivity index is 1.45. The van der Waals surface area contributed by atoms with Gasteiger partial charge in [0.1, 0.15) is 0 Å². The van der Waals surface area contributed by atoms with Crippen LogP contribution in [0.15, 0.2) is 12.3 Å². The maximum atomic E-state index is 13.0. The van der Waals surface area contributed by atoms with E-state index in [1.807, 2.05) is 18.0 Å². The molecule has 2 fully saturated rings. The average Bonchev–Trinajstić information content (AvgIpc) is 3.13. The van der Waals surface area contributed by atoms with Crippen LogP contribution < -0.4 is 0 Å². The summed E-state index contributed by atoms with van der Waals surface area (Å²) in [5.41, 5.74) is 3.74. The molecule has 4 rings (SSSR count). The van der Waals surface area contributed by atoms with Crippen LogP contribution in [-0.4, -0.2) is 57.5 Å². The van der Waals surface area contributed by atoms with E-state index < -0.39 is 0 Å². The highest BCUT2D eigenvalue weighted by Gasteiger charge is 2.45. The second-order valence-corrected chi connectivity index (χ2v) is 9.33. The number of aromatic amines is 1. The summed E-state index contributed by atoms with van der Waals surface area (Å²) in [4.78, 5) is 20.8. The molecule has 1 unspecified atom stereocenters. The molecule has 1 atom stereocenters. The number of allylic oxidation sites excluding steroid dienone is 1. The number of hydrogen-bond donors (Lipinski definition) is 1. The van der Waals surface area contributed by atoms with Crippen LogP contribution in [0.2, 0.25) is 0 Å². The molecule has 0 bridgehead atoms. The normalized spacial score (nSPS) is 26.1. The van der Waals surface area contributed by atoms with Crippen molar-refractivity contribution >= 4 is 23.7 Å². The van der Waals surface area contributed by atoms with Crippen LogP contribution >= 0.6 is 11.8 Å². The lowest BCUT2D eigenvalue weighted by Crippen LogP contribution is -2.44. The summed E-state index contributed by atoms with van der Waals surface area (Å²) in [5, 5.41) is 0.301. The molecule has 24 heavy (non-hydrogen) atoms. The maximum absolute atomic E-state index is 13.0. The van der Waals surface area contributed by atoms with Crippen LogP contribution in [0, 0.1) is 0 Å². The second-order valence-electron chi connectivity index (χ2n) is 7.55. The Kier molecular flexibility index (Phi) is 4.25. The summed E-state index contributed by atoms with van der Waals surface area (Å²) in [6, 6.07) is 0. The number of carbonyl (C=O) groups is 1. The van der Waals surface area contributed by atoms with E-state index in [4.69, 9.17) is 0 Å². The average molecular weight is 346 g/mol. The number of fused-ring (bicyclic) bond motifs is 1. The van der Waals surface area contributed by atoms with E-state index >= 15 is 0 Å². The maximum Gasteiger partial charge on any atom is 0.227 e. The number of likely N-dealkylation sites (tertiary alicyclic amines) is 1. The zero-order valence-electron chi connectivity index (χ0n) is 14.7. The lowest BCUT2D eigenvalue weighted by Gasteiger charge is -2.36. The summed E-state index contributed by atoms with van der Waals surface area (Å²) in [5.74, 6) is 0.294. The quantitative estimate of drug-likeness (QED) is 0.896. The number of H-pyrrole nitrogens is 1. The lowest BCUT2D eigenvalue weighted by molar-refractivity contribution is -0.130. The molecule has 3 aliphatic rings. The summed E-state index contributed by atoms with van der Waals surface area (Å²) in [6.45, 7) is 5.43. The summed E-state index contributed by atoms with van der Waals surface area (Å²) in [6.07, 6.45) is 11.5. The fraction of sp³-hybridized carbons (Fsp3) is 0.632. The van der Waals surface area contributed by atoms with E-state index in [-0.39, 0.29) is 0 Å². The van der Waals surface area contributed by atoms with Gasteiger partial charge < -0.3 is 14.8 Å². The van der Waals surface area contributed by atoms with E-state index in [1.165, 1.54) is 29.7 Å². The Hall–Kier alpha value is -1.20. The van der Waals surface area contributed by atoms with Gasteiger partial charge in [0.25, 0.3) is 0 Å². The minimum absolute atomic E-state index is 0.294. The van der Waals surface area contributed by atoms with Crippen LogP contribution in [0.3, 0.4) is 0 Å². The summed E-state index contributed by atoms with van der Waals surface area (Å²) < 4.78 is 0.294. The van der Waals surface area contributed by atoms with Gasteiger partial charge in [-0.05, 0) is 69.9 Å². The van der Waals surface area contributed by atoms with Crippen molar-refractivity contribution in [2.45, 2.75) is 49.1 Å². The van der Waals surface area contributed by atoms with Gasteiger partial charge in [-0.2, -0.15) is 0 Å². The van der Waals surface area contributed by atoms with Gasteiger partial charge in [-0.3, -0.25) is 4.79 Å². The number of piperidine rings is 1. The highest BCUT2D eigenvalue weighted by molar-refractivity contribution is 8.01. The van der Waals surface area contributed by atoms with Crippen molar-refractivity contribution in [2.75, 3.05) is 26.7 Å². The summed E-state index contributed by atoms with van der Waals surface area (Å²) >= 11 is 2.03. The van der Waals surface area contributed by atoms with Crippen molar-refractivity contribution in [3.63, 3.8) is 0 Å². The molecule has 0 saturated carbocycles. The molecule has 3 heterocycles. The van der Waals surface area contributed by atoms with Gasteiger partial charge in [0.05, 0.1) is 11.8 Å². The minimum Gasteiger partial charge on any atom is -0.361 e. The molecule has 1 N–H and O–H groups in total. The molecular formula is C19H27N3OS. The van der Waals surface area contributed by atoms with E-state index in [1.54, 1.807) is 0 Å². The van der Waals surface area contributed by atoms with Gasteiger partial charge in [0.15, 0.2) is 0 Å². The van der Waals surface area contributed by atoms with E-state index in [9.17, 15) is 4.79 Å². The predicted molar refractivity (Wildman–Crippen MR) is 100 cm³/mol. The molecule has 2 saturated heterocycles. The van der Waals surface area contributed by atoms with Crippen molar-refractivity contribution in [3.8, 4) is 0 Å². The molecule has 1 aromatic rings. The van der Waals surface area contributed by atoms with E-state index in [2.05, 4.69) is 40.9 Å². The predicted octanol–water partition coefficient (Wildman–Crippen LogP) is 2.90. The minimum atomic E-state index is 0.294. The topological polar surface area (TPSA) is 39.3 Å². The molecule has 130 valence electrons. The molecule has 0 aromatic carbocycles. The number of rotatable bonds is 2. The van der Waals surface area contributed by atoms with Crippen molar-refractivity contribution in [1.29, 1.82) is 0 Å². The number of carbonyl (C=O) groups excluding carboxylic acids is 1. The first-order chi connectivity index (χ1) is 11.6. The van der Waals surface area contributed by atoms with Gasteiger partial charge >= 0.3 is 0 Å². The monoisotopic (exact) mass is 345 g/mol. The molecular weight excluding hydrogens is 318 g/mol. The first kappa shape index (κ1) is 16.3. The highest BCUT2D eigenvalue weighted by atomic mass is 32.2. The molecule has 0 radical (unpaired) electrons. The van der Waals surface area contributed by atoms with Crippen LogP contribution in [0.5, 0.6) is 0 Å². The second kappa shape index (κ2) is 6.26. The molecule has 2 aliphatic heterocycles. The van der Waals surface area contributed by atoms with Crippen molar-refractivity contribution in [1.82, 2.24) is 14.8 Å². The van der Waals surface area contributed by atoms with Gasteiger partial charge in [-0.1, -0.05) is 6.08 Å². The van der Waals surface area contributed by atoms with Crippen LogP contribution in [0.25, 0.3) is 6.08 Å². The number of hydrogen-bond acceptors (Lipinski definition) is 3. The molecule has 1 aliphatic carbocycles. The fourth-order valence-electron chi connectivity index (χ4n) is 4.30. The molecule has 4 nitrogen and oxygen atoms in total. The number of thioether (sulfide) groups is 1. The van der Waals surface area contributed by atoms with E-state index in [0.29, 0.717) is 22.4 Å².